The number of ether oxygens (including phenoxy) is 2. The maximum absolute atomic E-state index is 14.1. The number of amides is 2. The largest absolute Gasteiger partial charge is 0.497 e. The minimum Gasteiger partial charge on any atom is -0.497 e. The Morgan fingerprint density at radius 3 is 2.23 bits per heavy atom. The van der Waals surface area contributed by atoms with E-state index in [1.54, 1.807) is 38.1 Å². The monoisotopic (exact) mass is 612 g/mol. The maximum Gasteiger partial charge on any atom is 0.273 e. The van der Waals surface area contributed by atoms with E-state index >= 15 is 0 Å². The average molecular weight is 613 g/mol. The molecular weight excluding hydrogens is 576 g/mol. The Morgan fingerprint density at radius 1 is 0.977 bits per heavy atom. The second-order valence-corrected chi connectivity index (χ2v) is 11.5. The van der Waals surface area contributed by atoms with Crippen molar-refractivity contribution in [3.63, 3.8) is 0 Å². The van der Waals surface area contributed by atoms with E-state index in [4.69, 9.17) is 9.47 Å². The molecule has 1 N–H and O–H groups in total. The Balaban J connectivity index is 2.12. The van der Waals surface area contributed by atoms with Gasteiger partial charge in [-0.1, -0.05) is 25.1 Å². The molecule has 0 aliphatic heterocycles. The van der Waals surface area contributed by atoms with Crippen LogP contribution in [0, 0.1) is 17.0 Å². The summed E-state index contributed by atoms with van der Waals surface area (Å²) in [6.07, 6.45) is 0.265. The number of carbonyl (C=O) groups excluding carboxylic acids is 2. The number of carbonyl (C=O) groups is 2. The number of methoxy groups -OCH3 is 2. The summed E-state index contributed by atoms with van der Waals surface area (Å²) >= 11 is 0. The third-order valence-corrected chi connectivity index (χ3v) is 8.60. The lowest BCUT2D eigenvalue weighted by molar-refractivity contribution is -0.385. The molecule has 13 heteroatoms. The molecule has 43 heavy (non-hydrogen) atoms. The van der Waals surface area contributed by atoms with Crippen LogP contribution >= 0.6 is 0 Å². The van der Waals surface area contributed by atoms with E-state index in [-0.39, 0.29) is 40.7 Å². The molecule has 0 bridgehead atoms. The van der Waals surface area contributed by atoms with E-state index in [9.17, 15) is 28.1 Å². The highest BCUT2D eigenvalue weighted by Gasteiger charge is 2.34. The zero-order valence-corrected chi connectivity index (χ0v) is 25.6. The van der Waals surface area contributed by atoms with E-state index in [0.717, 1.165) is 10.4 Å². The molecule has 3 aromatic rings. The van der Waals surface area contributed by atoms with Gasteiger partial charge >= 0.3 is 0 Å². The number of aryl methyl sites for hydroxylation is 1. The zero-order valence-electron chi connectivity index (χ0n) is 24.8. The number of nitro groups is 1. The molecule has 230 valence electrons. The van der Waals surface area contributed by atoms with Crippen LogP contribution in [0.3, 0.4) is 0 Å². The van der Waals surface area contributed by atoms with E-state index in [0.29, 0.717) is 23.6 Å². The first-order chi connectivity index (χ1) is 20.5. The fourth-order valence-electron chi connectivity index (χ4n) is 4.53. The number of nitrogens with zero attached hydrogens (tertiary/aromatic N) is 3. The van der Waals surface area contributed by atoms with Gasteiger partial charge in [-0.15, -0.1) is 0 Å². The van der Waals surface area contributed by atoms with Crippen molar-refractivity contribution in [2.75, 3.05) is 31.6 Å². The van der Waals surface area contributed by atoms with Crippen molar-refractivity contribution in [3.05, 3.63) is 88.0 Å². The topological polar surface area (TPSA) is 148 Å². The van der Waals surface area contributed by atoms with Gasteiger partial charge in [0.25, 0.3) is 15.7 Å². The van der Waals surface area contributed by atoms with Gasteiger partial charge in [0.2, 0.25) is 11.8 Å². The number of benzene rings is 3. The van der Waals surface area contributed by atoms with Crippen LogP contribution in [0.4, 0.5) is 11.4 Å². The lowest BCUT2D eigenvalue weighted by Gasteiger charge is -2.33. The SMILES string of the molecule is CCNC(=O)C(CC)N(Cc1cccc(OC)c1)C(=O)CN(c1ccc(OC)cc1)S(=O)(=O)c1ccc(C)c([N+](=O)[O-])c1. The third-order valence-electron chi connectivity index (χ3n) is 6.83. The summed E-state index contributed by atoms with van der Waals surface area (Å²) < 4.78 is 39.5. The van der Waals surface area contributed by atoms with Gasteiger partial charge in [-0.2, -0.15) is 0 Å². The summed E-state index contributed by atoms with van der Waals surface area (Å²) in [7, 11) is -1.53. The normalized spacial score (nSPS) is 11.7. The molecule has 1 atom stereocenters. The second-order valence-electron chi connectivity index (χ2n) is 9.61. The molecule has 0 fully saturated rings. The summed E-state index contributed by atoms with van der Waals surface area (Å²) in [6.45, 7) is 4.68. The van der Waals surface area contributed by atoms with Gasteiger partial charge < -0.3 is 19.7 Å². The highest BCUT2D eigenvalue weighted by Crippen LogP contribution is 2.30. The standard InChI is InChI=1S/C30H36N4O8S/c1-6-27(30(36)31-7-2)32(19-22-9-8-10-25(17-22)42-5)29(35)20-33(23-12-14-24(41-4)15-13-23)43(39,40)26-16-11-21(3)28(18-26)34(37)38/h8-18,27H,6-7,19-20H2,1-5H3,(H,31,36). The van der Waals surface area contributed by atoms with E-state index in [2.05, 4.69) is 5.32 Å². The molecule has 0 aliphatic rings. The Labute approximate surface area is 251 Å². The smallest absolute Gasteiger partial charge is 0.273 e. The van der Waals surface area contributed by atoms with Gasteiger partial charge in [0.05, 0.1) is 29.7 Å². The highest BCUT2D eigenvalue weighted by atomic mass is 32.2. The Bertz CT molecular complexity index is 1560. The van der Waals surface area contributed by atoms with Crippen molar-refractivity contribution in [2.24, 2.45) is 0 Å². The van der Waals surface area contributed by atoms with Crippen LogP contribution in [0.25, 0.3) is 0 Å². The van der Waals surface area contributed by atoms with E-state index in [1.807, 2.05) is 0 Å². The number of nitro benzene ring substituents is 1. The van der Waals surface area contributed by atoms with Crippen LogP contribution in [0.2, 0.25) is 0 Å². The van der Waals surface area contributed by atoms with Crippen LogP contribution in [-0.4, -0.2) is 63.4 Å². The Kier molecular flexibility index (Phi) is 11.1. The summed E-state index contributed by atoms with van der Waals surface area (Å²) in [6, 6.07) is 15.7. The molecule has 2 amide bonds. The predicted molar refractivity (Wildman–Crippen MR) is 162 cm³/mol. The fourth-order valence-corrected chi connectivity index (χ4v) is 5.96. The van der Waals surface area contributed by atoms with Crippen LogP contribution < -0.4 is 19.1 Å². The van der Waals surface area contributed by atoms with Gasteiger partial charge in [-0.25, -0.2) is 8.42 Å². The van der Waals surface area contributed by atoms with Crippen molar-refractivity contribution >= 4 is 33.2 Å². The predicted octanol–water partition coefficient (Wildman–Crippen LogP) is 4.06. The highest BCUT2D eigenvalue weighted by molar-refractivity contribution is 7.92. The lowest BCUT2D eigenvalue weighted by atomic mass is 10.1. The molecule has 1 unspecified atom stereocenters. The van der Waals surface area contributed by atoms with Gasteiger partial charge in [0, 0.05) is 24.7 Å². The second kappa shape index (κ2) is 14.5. The number of anilines is 1. The number of hydrogen-bond acceptors (Lipinski definition) is 8. The van der Waals surface area contributed by atoms with Crippen molar-refractivity contribution in [1.29, 1.82) is 0 Å². The molecule has 0 aliphatic carbocycles. The van der Waals surface area contributed by atoms with Crippen molar-refractivity contribution < 1.29 is 32.4 Å². The first-order valence-electron chi connectivity index (χ1n) is 13.6. The molecule has 0 saturated heterocycles. The number of nitrogens with one attached hydrogen (secondary N) is 1. The molecular formula is C30H36N4O8S. The lowest BCUT2D eigenvalue weighted by Crippen LogP contribution is -2.52. The molecule has 0 saturated carbocycles. The van der Waals surface area contributed by atoms with Gasteiger partial charge in [0.1, 0.15) is 24.1 Å². The Hall–Kier alpha value is -4.65. The van der Waals surface area contributed by atoms with Gasteiger partial charge in [-0.05, 0) is 68.3 Å². The molecule has 3 aromatic carbocycles. The minimum absolute atomic E-state index is 0.00181. The average Bonchev–Trinajstić information content (AvgIpc) is 2.99. The summed E-state index contributed by atoms with van der Waals surface area (Å²) in [5.41, 5.74) is 0.713. The van der Waals surface area contributed by atoms with Gasteiger partial charge in [0.15, 0.2) is 0 Å². The summed E-state index contributed by atoms with van der Waals surface area (Å²) in [5.74, 6) is -0.0177. The number of rotatable bonds is 14. The van der Waals surface area contributed by atoms with Crippen LogP contribution in [0.1, 0.15) is 31.4 Å². The van der Waals surface area contributed by atoms with Crippen LogP contribution in [-0.2, 0) is 26.2 Å². The third kappa shape index (κ3) is 7.80. The number of hydrogen-bond donors (Lipinski definition) is 1. The molecule has 0 radical (unpaired) electrons. The van der Waals surface area contributed by atoms with Crippen molar-refractivity contribution in [1.82, 2.24) is 10.2 Å². The zero-order chi connectivity index (χ0) is 31.7. The summed E-state index contributed by atoms with van der Waals surface area (Å²) in [5, 5.41) is 14.3. The molecule has 0 aromatic heterocycles. The summed E-state index contributed by atoms with van der Waals surface area (Å²) in [4.78, 5) is 39.1. The quantitative estimate of drug-likeness (QED) is 0.212. The Morgan fingerprint density at radius 2 is 1.65 bits per heavy atom. The molecule has 3 rings (SSSR count). The van der Waals surface area contributed by atoms with E-state index in [1.165, 1.54) is 62.4 Å². The maximum atomic E-state index is 14.1. The fraction of sp³-hybridized carbons (Fsp3) is 0.333. The first kappa shape index (κ1) is 32.9. The molecule has 0 spiro atoms. The minimum atomic E-state index is -4.50. The molecule has 12 nitrogen and oxygen atoms in total. The molecule has 0 heterocycles. The van der Waals surface area contributed by atoms with Crippen molar-refractivity contribution in [3.8, 4) is 11.5 Å². The van der Waals surface area contributed by atoms with E-state index < -0.39 is 33.4 Å². The number of sulfonamides is 1. The number of likely N-dealkylation sites (N-methyl/N-ethyl adjacent to an activating group) is 1. The first-order valence-corrected chi connectivity index (χ1v) is 15.0. The van der Waals surface area contributed by atoms with Crippen molar-refractivity contribution in [2.45, 2.75) is 44.7 Å². The van der Waals surface area contributed by atoms with Crippen LogP contribution in [0.5, 0.6) is 11.5 Å². The van der Waals surface area contributed by atoms with Crippen LogP contribution in [0.15, 0.2) is 71.6 Å². The van der Waals surface area contributed by atoms with Gasteiger partial charge in [-0.3, -0.25) is 24.0 Å².